The monoisotopic (exact) mass is 440 g/mol. The van der Waals surface area contributed by atoms with Gasteiger partial charge in [0.25, 0.3) is 0 Å². The maximum atomic E-state index is 12.2. The number of rotatable bonds is 7. The van der Waals surface area contributed by atoms with E-state index in [1.54, 1.807) is 0 Å². The lowest BCUT2D eigenvalue weighted by Gasteiger charge is -2.42. The molecule has 0 atom stereocenters. The molecule has 1 aromatic rings. The number of nitrogens with zero attached hydrogens (tertiary/aromatic N) is 1. The van der Waals surface area contributed by atoms with Crippen LogP contribution in [0.1, 0.15) is 24.8 Å². The largest absolute Gasteiger partial charge is 0.378 e. The van der Waals surface area contributed by atoms with E-state index in [4.69, 9.17) is 4.74 Å². The minimum absolute atomic E-state index is 0.00560. The maximum absolute atomic E-state index is 12.2. The van der Waals surface area contributed by atoms with Crippen molar-refractivity contribution >= 4 is 39.5 Å². The van der Waals surface area contributed by atoms with E-state index in [2.05, 4.69) is 39.4 Å². The number of hydrogen-bond donors (Lipinski definition) is 1. The first kappa shape index (κ1) is 19.7. The van der Waals surface area contributed by atoms with Crippen molar-refractivity contribution in [1.82, 2.24) is 10.2 Å². The number of thioether (sulfide) groups is 1. The van der Waals surface area contributed by atoms with E-state index in [0.29, 0.717) is 44.4 Å². The highest BCUT2D eigenvalue weighted by Gasteiger charge is 2.38. The summed E-state index contributed by atoms with van der Waals surface area (Å²) >= 11 is 4.92. The van der Waals surface area contributed by atoms with Gasteiger partial charge in [-0.2, -0.15) is 0 Å². The summed E-state index contributed by atoms with van der Waals surface area (Å²) in [5, 5.41) is 3.08. The molecule has 1 aliphatic carbocycles. The van der Waals surface area contributed by atoms with Gasteiger partial charge in [0.2, 0.25) is 11.8 Å². The number of carbonyl (C=O) groups is 2. The molecule has 7 heteroatoms. The van der Waals surface area contributed by atoms with Crippen LogP contribution < -0.4 is 5.32 Å². The molecule has 5 nitrogen and oxygen atoms in total. The highest BCUT2D eigenvalue weighted by molar-refractivity contribution is 9.10. The summed E-state index contributed by atoms with van der Waals surface area (Å²) in [7, 11) is 0. The van der Waals surface area contributed by atoms with Crippen LogP contribution in [0.5, 0.6) is 0 Å². The van der Waals surface area contributed by atoms with Crippen LogP contribution >= 0.6 is 27.7 Å². The fourth-order valence-electron chi connectivity index (χ4n) is 3.44. The zero-order valence-corrected chi connectivity index (χ0v) is 17.2. The predicted octanol–water partition coefficient (Wildman–Crippen LogP) is 2.58. The molecule has 1 aromatic carbocycles. The van der Waals surface area contributed by atoms with Crippen molar-refractivity contribution in [3.05, 3.63) is 34.3 Å². The van der Waals surface area contributed by atoms with Gasteiger partial charge in [0.05, 0.1) is 24.7 Å². The third kappa shape index (κ3) is 5.02. The minimum atomic E-state index is 0.00560. The number of ether oxygens (including phenoxy) is 1. The fraction of sp³-hybridized carbons (Fsp3) is 0.579. The van der Waals surface area contributed by atoms with E-state index < -0.39 is 0 Å². The van der Waals surface area contributed by atoms with Gasteiger partial charge in [-0.05, 0) is 30.5 Å². The first-order valence-corrected chi connectivity index (χ1v) is 11.0. The summed E-state index contributed by atoms with van der Waals surface area (Å²) in [5.74, 6) is 0.774. The molecule has 0 unspecified atom stereocenters. The van der Waals surface area contributed by atoms with Gasteiger partial charge in [0.15, 0.2) is 0 Å². The van der Waals surface area contributed by atoms with Crippen LogP contribution in [-0.4, -0.2) is 61.1 Å². The molecular formula is C19H25BrN2O3S. The molecule has 0 radical (unpaired) electrons. The zero-order valence-electron chi connectivity index (χ0n) is 14.8. The molecule has 142 valence electrons. The predicted molar refractivity (Wildman–Crippen MR) is 107 cm³/mol. The number of amides is 2. The molecule has 0 spiro atoms. The summed E-state index contributed by atoms with van der Waals surface area (Å²) in [5.41, 5.74) is 1.35. The second-order valence-electron chi connectivity index (χ2n) is 6.91. The average Bonchev–Trinajstić information content (AvgIpc) is 2.61. The van der Waals surface area contributed by atoms with Crippen molar-refractivity contribution in [2.75, 3.05) is 44.4 Å². The Morgan fingerprint density at radius 2 is 2.00 bits per heavy atom. The zero-order chi connectivity index (χ0) is 18.4. The summed E-state index contributed by atoms with van der Waals surface area (Å²) in [6, 6.07) is 8.37. The molecule has 1 N–H and O–H groups in total. The lowest BCUT2D eigenvalue weighted by atomic mass is 9.64. The van der Waals surface area contributed by atoms with Crippen molar-refractivity contribution in [2.45, 2.75) is 24.7 Å². The molecule has 2 fully saturated rings. The first-order valence-electron chi connectivity index (χ1n) is 9.05. The molecule has 1 aliphatic heterocycles. The van der Waals surface area contributed by atoms with E-state index in [0.717, 1.165) is 17.3 Å². The third-order valence-electron chi connectivity index (χ3n) is 5.19. The highest BCUT2D eigenvalue weighted by Crippen LogP contribution is 2.43. The molecule has 26 heavy (non-hydrogen) atoms. The van der Waals surface area contributed by atoms with Crippen LogP contribution in [0.2, 0.25) is 0 Å². The lowest BCUT2D eigenvalue weighted by molar-refractivity contribution is -0.132. The average molecular weight is 441 g/mol. The van der Waals surface area contributed by atoms with Crippen molar-refractivity contribution in [3.63, 3.8) is 0 Å². The van der Waals surface area contributed by atoms with Gasteiger partial charge in [-0.3, -0.25) is 9.59 Å². The number of halogens is 1. The fourth-order valence-corrected chi connectivity index (χ4v) is 4.59. The quantitative estimate of drug-likeness (QED) is 0.707. The maximum Gasteiger partial charge on any atom is 0.232 e. The number of benzene rings is 1. The van der Waals surface area contributed by atoms with E-state index >= 15 is 0 Å². The van der Waals surface area contributed by atoms with Crippen LogP contribution in [0.15, 0.2) is 28.7 Å². The van der Waals surface area contributed by atoms with E-state index in [1.165, 1.54) is 23.7 Å². The molecule has 2 aliphatic rings. The van der Waals surface area contributed by atoms with Crippen LogP contribution in [0.3, 0.4) is 0 Å². The molecule has 1 heterocycles. The van der Waals surface area contributed by atoms with Gasteiger partial charge in [-0.1, -0.05) is 34.5 Å². The van der Waals surface area contributed by atoms with E-state index in [1.807, 2.05) is 11.0 Å². The lowest BCUT2D eigenvalue weighted by Crippen LogP contribution is -2.46. The van der Waals surface area contributed by atoms with E-state index in [9.17, 15) is 9.59 Å². The summed E-state index contributed by atoms with van der Waals surface area (Å²) in [6.07, 6.45) is 3.41. The Balaban J connectivity index is 1.41. The minimum Gasteiger partial charge on any atom is -0.378 e. The van der Waals surface area contributed by atoms with Crippen LogP contribution in [0, 0.1) is 0 Å². The molecule has 0 bridgehead atoms. The van der Waals surface area contributed by atoms with Gasteiger partial charge in [0.1, 0.15) is 0 Å². The Kier molecular flexibility index (Phi) is 7.00. The van der Waals surface area contributed by atoms with Crippen LogP contribution in [0.4, 0.5) is 0 Å². The Bertz CT molecular complexity index is 645. The number of hydrogen-bond acceptors (Lipinski definition) is 4. The third-order valence-corrected chi connectivity index (χ3v) is 6.60. The van der Waals surface area contributed by atoms with Crippen LogP contribution in [0.25, 0.3) is 0 Å². The van der Waals surface area contributed by atoms with Crippen LogP contribution in [-0.2, 0) is 19.7 Å². The Morgan fingerprint density at radius 1 is 1.23 bits per heavy atom. The van der Waals surface area contributed by atoms with Crippen molar-refractivity contribution in [2.24, 2.45) is 0 Å². The number of carbonyl (C=O) groups excluding carboxylic acids is 2. The molecular weight excluding hydrogens is 416 g/mol. The van der Waals surface area contributed by atoms with E-state index in [-0.39, 0.29) is 17.2 Å². The van der Waals surface area contributed by atoms with Gasteiger partial charge in [0, 0.05) is 29.5 Å². The summed E-state index contributed by atoms with van der Waals surface area (Å²) in [6.45, 7) is 3.19. The van der Waals surface area contributed by atoms with Gasteiger partial charge < -0.3 is 15.0 Å². The van der Waals surface area contributed by atoms with Gasteiger partial charge in [-0.15, -0.1) is 11.8 Å². The van der Waals surface area contributed by atoms with Crippen molar-refractivity contribution in [3.8, 4) is 0 Å². The highest BCUT2D eigenvalue weighted by atomic mass is 79.9. The van der Waals surface area contributed by atoms with Gasteiger partial charge >= 0.3 is 0 Å². The SMILES string of the molecule is O=C(CSCC(=O)N1CCOCC1)NCC1(c2cccc(Br)c2)CCC1. The van der Waals surface area contributed by atoms with Crippen molar-refractivity contribution < 1.29 is 14.3 Å². The second-order valence-corrected chi connectivity index (χ2v) is 8.81. The smallest absolute Gasteiger partial charge is 0.232 e. The van der Waals surface area contributed by atoms with Crippen molar-refractivity contribution in [1.29, 1.82) is 0 Å². The Hall–Kier alpha value is -1.05. The second kappa shape index (κ2) is 9.24. The summed E-state index contributed by atoms with van der Waals surface area (Å²) < 4.78 is 6.32. The molecule has 3 rings (SSSR count). The molecule has 2 amide bonds. The molecule has 0 aromatic heterocycles. The van der Waals surface area contributed by atoms with Gasteiger partial charge in [-0.25, -0.2) is 0 Å². The normalized spacial score (nSPS) is 18.9. The summed E-state index contributed by atoms with van der Waals surface area (Å²) in [4.78, 5) is 26.1. The number of morpholine rings is 1. The number of nitrogens with one attached hydrogen (secondary N) is 1. The Labute approximate surface area is 167 Å². The topological polar surface area (TPSA) is 58.6 Å². The molecule has 1 saturated heterocycles. The standard InChI is InChI=1S/C19H25BrN2O3S/c20-16-4-1-3-15(11-16)19(5-2-6-19)14-21-17(23)12-26-13-18(24)22-7-9-25-10-8-22/h1,3-4,11H,2,5-10,12-14H2,(H,21,23). The first-order chi connectivity index (χ1) is 12.6. The molecule has 1 saturated carbocycles. The Morgan fingerprint density at radius 3 is 2.65 bits per heavy atom.